The zero-order valence-electron chi connectivity index (χ0n) is 19.8. The fourth-order valence-corrected chi connectivity index (χ4v) is 5.31. The average molecular weight is 539 g/mol. The molecule has 34 heavy (non-hydrogen) atoms. The van der Waals surface area contributed by atoms with Gasteiger partial charge >= 0.3 is 0 Å². The van der Waals surface area contributed by atoms with Crippen LogP contribution < -0.4 is 4.74 Å². The fourth-order valence-electron chi connectivity index (χ4n) is 3.95. The number of aliphatic imine (C=N–C) groups is 1. The number of likely N-dealkylation sites (N-methyl/N-ethyl adjacent to an activating group) is 1. The molecule has 1 aliphatic heterocycles. The molecule has 1 saturated heterocycles. The van der Waals surface area contributed by atoms with Gasteiger partial charge in [-0.15, -0.1) is 0 Å². The third-order valence-corrected chi connectivity index (χ3v) is 7.24. The summed E-state index contributed by atoms with van der Waals surface area (Å²) < 4.78 is 9.21. The van der Waals surface area contributed by atoms with Gasteiger partial charge in [0.25, 0.3) is 5.91 Å². The van der Waals surface area contributed by atoms with E-state index in [4.69, 9.17) is 4.74 Å². The van der Waals surface area contributed by atoms with Gasteiger partial charge in [0.2, 0.25) is 0 Å². The van der Waals surface area contributed by atoms with Crippen molar-refractivity contribution in [1.82, 2.24) is 9.47 Å². The third kappa shape index (κ3) is 5.15. The van der Waals surface area contributed by atoms with E-state index in [1.54, 1.807) is 4.90 Å². The maximum absolute atomic E-state index is 12.9. The molecule has 0 spiro atoms. The minimum Gasteiger partial charge on any atom is -0.489 e. The second-order valence-corrected chi connectivity index (χ2v) is 9.91. The van der Waals surface area contributed by atoms with Crippen LogP contribution in [0.4, 0.5) is 0 Å². The van der Waals surface area contributed by atoms with Crippen LogP contribution in [0.25, 0.3) is 11.8 Å². The highest BCUT2D eigenvalue weighted by Crippen LogP contribution is 2.34. The monoisotopic (exact) mass is 537 g/mol. The molecule has 1 fully saturated rings. The normalized spacial score (nSPS) is 16.1. The summed E-state index contributed by atoms with van der Waals surface area (Å²) in [6.07, 6.45) is 1.99. The number of carbonyl (C=O) groups is 1. The van der Waals surface area contributed by atoms with E-state index in [2.05, 4.69) is 57.5 Å². The average Bonchev–Trinajstić information content (AvgIpc) is 3.28. The summed E-state index contributed by atoms with van der Waals surface area (Å²) in [7, 11) is 0. The van der Waals surface area contributed by atoms with Gasteiger partial charge in [-0.05, 0) is 99.1 Å². The van der Waals surface area contributed by atoms with E-state index >= 15 is 0 Å². The number of nitrogens with zero attached hydrogens (tertiary/aromatic N) is 3. The predicted molar refractivity (Wildman–Crippen MR) is 145 cm³/mol. The Kier molecular flexibility index (Phi) is 7.63. The lowest BCUT2D eigenvalue weighted by atomic mass is 10.2. The fraction of sp³-hybridized carbons (Fsp3) is 0.259. The maximum Gasteiger partial charge on any atom is 0.266 e. The minimum atomic E-state index is 0.0248. The zero-order valence-corrected chi connectivity index (χ0v) is 22.2. The summed E-state index contributed by atoms with van der Waals surface area (Å²) >= 11 is 4.91. The van der Waals surface area contributed by atoms with Gasteiger partial charge in [0.05, 0.1) is 4.91 Å². The van der Waals surface area contributed by atoms with Crippen LogP contribution in [0.1, 0.15) is 36.4 Å². The van der Waals surface area contributed by atoms with Crippen LogP contribution in [-0.2, 0) is 11.4 Å². The van der Waals surface area contributed by atoms with Gasteiger partial charge in [-0.3, -0.25) is 14.7 Å². The molecule has 2 heterocycles. The van der Waals surface area contributed by atoms with Crippen LogP contribution in [-0.4, -0.2) is 33.6 Å². The van der Waals surface area contributed by atoms with Crippen molar-refractivity contribution < 1.29 is 9.53 Å². The Morgan fingerprint density at radius 1 is 1.06 bits per heavy atom. The summed E-state index contributed by atoms with van der Waals surface area (Å²) in [5.41, 5.74) is 5.42. The van der Waals surface area contributed by atoms with Crippen molar-refractivity contribution in [3.8, 4) is 11.4 Å². The molecule has 0 bridgehead atoms. The van der Waals surface area contributed by atoms with Crippen LogP contribution in [0.3, 0.4) is 0 Å². The smallest absolute Gasteiger partial charge is 0.266 e. The molecule has 0 saturated carbocycles. The lowest BCUT2D eigenvalue weighted by molar-refractivity contribution is -0.122. The van der Waals surface area contributed by atoms with Gasteiger partial charge in [-0.25, -0.2) is 0 Å². The number of aryl methyl sites for hydroxylation is 1. The summed E-state index contributed by atoms with van der Waals surface area (Å²) in [5.74, 6) is 0.851. The number of hydrogen-bond donors (Lipinski definition) is 0. The van der Waals surface area contributed by atoms with E-state index in [0.717, 1.165) is 43.6 Å². The molecular formula is C27H28BrN3O2S. The SMILES string of the molecule is CCN=C1SC(=Cc2cc(C)n(-c3ccc(OCc4ccc(Br)cc4)cc3)c2C)C(=O)N1CC. The van der Waals surface area contributed by atoms with Crippen molar-refractivity contribution in [1.29, 1.82) is 0 Å². The number of ether oxygens (including phenoxy) is 1. The Morgan fingerprint density at radius 3 is 2.41 bits per heavy atom. The Balaban J connectivity index is 1.53. The summed E-state index contributed by atoms with van der Waals surface area (Å²) in [4.78, 5) is 19.8. The number of thioether (sulfide) groups is 1. The Bertz CT molecular complexity index is 1240. The van der Waals surface area contributed by atoms with Gasteiger partial charge in [-0.2, -0.15) is 0 Å². The summed E-state index contributed by atoms with van der Waals surface area (Å²) in [6.45, 7) is 9.94. The molecule has 0 N–H and O–H groups in total. The van der Waals surface area contributed by atoms with Crippen LogP contribution in [0.15, 0.2) is 69.0 Å². The minimum absolute atomic E-state index is 0.0248. The molecule has 1 aliphatic rings. The highest BCUT2D eigenvalue weighted by molar-refractivity contribution is 9.10. The van der Waals surface area contributed by atoms with Crippen molar-refractivity contribution in [3.05, 3.63) is 86.5 Å². The molecule has 5 nitrogen and oxygen atoms in total. The number of rotatable bonds is 7. The maximum atomic E-state index is 12.9. The first-order valence-electron chi connectivity index (χ1n) is 11.3. The number of amides is 1. The number of amidine groups is 1. The van der Waals surface area contributed by atoms with Crippen LogP contribution in [0.2, 0.25) is 0 Å². The molecule has 0 atom stereocenters. The Morgan fingerprint density at radius 2 is 1.76 bits per heavy atom. The molecule has 3 aromatic rings. The molecule has 0 radical (unpaired) electrons. The molecule has 1 amide bonds. The lowest BCUT2D eigenvalue weighted by Gasteiger charge is -2.12. The van der Waals surface area contributed by atoms with Gasteiger partial charge in [0.15, 0.2) is 5.17 Å². The van der Waals surface area contributed by atoms with E-state index in [0.29, 0.717) is 24.6 Å². The topological polar surface area (TPSA) is 46.8 Å². The second-order valence-electron chi connectivity index (χ2n) is 7.99. The highest BCUT2D eigenvalue weighted by Gasteiger charge is 2.32. The highest BCUT2D eigenvalue weighted by atomic mass is 79.9. The van der Waals surface area contributed by atoms with Crippen molar-refractivity contribution in [2.24, 2.45) is 4.99 Å². The number of hydrogen-bond acceptors (Lipinski definition) is 4. The first-order valence-corrected chi connectivity index (χ1v) is 12.9. The first kappa shape index (κ1) is 24.4. The third-order valence-electron chi connectivity index (χ3n) is 5.67. The van der Waals surface area contributed by atoms with Gasteiger partial charge in [0.1, 0.15) is 12.4 Å². The Labute approximate surface area is 213 Å². The second kappa shape index (κ2) is 10.7. The number of benzene rings is 2. The van der Waals surface area contributed by atoms with Gasteiger partial charge in [0, 0.05) is 34.6 Å². The number of aromatic nitrogens is 1. The van der Waals surface area contributed by atoms with Gasteiger partial charge in [-0.1, -0.05) is 28.1 Å². The van der Waals surface area contributed by atoms with E-state index in [9.17, 15) is 4.79 Å². The molecule has 2 aromatic carbocycles. The molecule has 0 aliphatic carbocycles. The van der Waals surface area contributed by atoms with Crippen LogP contribution >= 0.6 is 27.7 Å². The number of carbonyl (C=O) groups excluding carboxylic acids is 1. The molecule has 176 valence electrons. The van der Waals surface area contributed by atoms with E-state index < -0.39 is 0 Å². The van der Waals surface area contributed by atoms with Crippen LogP contribution in [0.5, 0.6) is 5.75 Å². The summed E-state index contributed by atoms with van der Waals surface area (Å²) in [6, 6.07) is 18.4. The lowest BCUT2D eigenvalue weighted by Crippen LogP contribution is -2.28. The van der Waals surface area contributed by atoms with Crippen molar-refractivity contribution in [2.75, 3.05) is 13.1 Å². The standard InChI is InChI=1S/C27H28BrN3O2S/c1-5-29-27-30(6-2)26(32)25(34-27)16-21-15-18(3)31(19(21)4)23-11-13-24(14-12-23)33-17-20-7-9-22(28)10-8-20/h7-16H,5-6,17H2,1-4H3. The van der Waals surface area contributed by atoms with E-state index in [-0.39, 0.29) is 5.91 Å². The van der Waals surface area contributed by atoms with Crippen molar-refractivity contribution >= 4 is 44.8 Å². The zero-order chi connectivity index (χ0) is 24.2. The number of halogens is 1. The summed E-state index contributed by atoms with van der Waals surface area (Å²) in [5, 5.41) is 0.786. The molecule has 0 unspecified atom stereocenters. The molecule has 4 rings (SSSR count). The molecule has 1 aromatic heterocycles. The van der Waals surface area contributed by atoms with Crippen molar-refractivity contribution in [2.45, 2.75) is 34.3 Å². The van der Waals surface area contributed by atoms with Crippen molar-refractivity contribution in [3.63, 3.8) is 0 Å². The van der Waals surface area contributed by atoms with E-state index in [1.165, 1.54) is 11.8 Å². The molecular weight excluding hydrogens is 510 g/mol. The first-order chi connectivity index (χ1) is 16.4. The van der Waals surface area contributed by atoms with E-state index in [1.807, 2.05) is 56.3 Å². The largest absolute Gasteiger partial charge is 0.489 e. The Hall–Kier alpha value is -2.77. The predicted octanol–water partition coefficient (Wildman–Crippen LogP) is 6.75. The molecule has 7 heteroatoms. The van der Waals surface area contributed by atoms with Gasteiger partial charge < -0.3 is 9.30 Å². The quantitative estimate of drug-likeness (QED) is 0.313. The van der Waals surface area contributed by atoms with Crippen LogP contribution in [0, 0.1) is 13.8 Å².